The molecule has 0 unspecified atom stereocenters. The van der Waals surface area contributed by atoms with E-state index in [-0.39, 0.29) is 24.5 Å². The molecule has 7 heteroatoms. The predicted octanol–water partition coefficient (Wildman–Crippen LogP) is 3.55. The van der Waals surface area contributed by atoms with Crippen LogP contribution in [0.5, 0.6) is 5.75 Å². The molecule has 0 aliphatic rings. The van der Waals surface area contributed by atoms with Crippen molar-refractivity contribution in [1.82, 2.24) is 0 Å². The van der Waals surface area contributed by atoms with Gasteiger partial charge in [0.1, 0.15) is 19.0 Å². The summed E-state index contributed by atoms with van der Waals surface area (Å²) in [6.45, 7) is 0.270. The van der Waals surface area contributed by atoms with Crippen LogP contribution in [0.3, 0.4) is 0 Å². The van der Waals surface area contributed by atoms with Crippen LogP contribution >= 0.6 is 11.8 Å². The lowest BCUT2D eigenvalue weighted by Gasteiger charge is -2.08. The SMILES string of the molecule is CSc1ccc(C(=O)OCCOc2ccccc2)cc1[N+](=O)[O-]. The van der Waals surface area contributed by atoms with E-state index in [1.54, 1.807) is 24.5 Å². The summed E-state index contributed by atoms with van der Waals surface area (Å²) in [6.07, 6.45) is 1.74. The second-order valence-electron chi connectivity index (χ2n) is 4.44. The van der Waals surface area contributed by atoms with E-state index in [1.807, 2.05) is 18.2 Å². The van der Waals surface area contributed by atoms with Crippen molar-refractivity contribution in [3.8, 4) is 5.75 Å². The topological polar surface area (TPSA) is 78.7 Å². The zero-order chi connectivity index (χ0) is 16.7. The summed E-state index contributed by atoms with van der Waals surface area (Å²) >= 11 is 1.25. The average Bonchev–Trinajstić information content (AvgIpc) is 2.58. The molecular weight excluding hydrogens is 318 g/mol. The van der Waals surface area contributed by atoms with E-state index in [0.29, 0.717) is 10.6 Å². The molecule has 2 aromatic rings. The first-order valence-electron chi connectivity index (χ1n) is 6.79. The summed E-state index contributed by atoms with van der Waals surface area (Å²) in [5.41, 5.74) is 0.0432. The molecule has 0 saturated carbocycles. The van der Waals surface area contributed by atoms with Crippen molar-refractivity contribution in [2.24, 2.45) is 0 Å². The van der Waals surface area contributed by atoms with Crippen LogP contribution in [0.4, 0.5) is 5.69 Å². The quantitative estimate of drug-likeness (QED) is 0.253. The van der Waals surface area contributed by atoms with Gasteiger partial charge in [-0.15, -0.1) is 11.8 Å². The Kier molecular flexibility index (Phi) is 5.99. The fourth-order valence-corrected chi connectivity index (χ4v) is 2.40. The first-order chi connectivity index (χ1) is 11.1. The number of nitrogens with zero attached hydrogens (tertiary/aromatic N) is 1. The molecule has 0 radical (unpaired) electrons. The van der Waals surface area contributed by atoms with E-state index in [0.717, 1.165) is 0 Å². The molecule has 0 amide bonds. The first-order valence-corrected chi connectivity index (χ1v) is 8.01. The monoisotopic (exact) mass is 333 g/mol. The summed E-state index contributed by atoms with van der Waals surface area (Å²) in [7, 11) is 0. The summed E-state index contributed by atoms with van der Waals surface area (Å²) in [4.78, 5) is 22.9. The van der Waals surface area contributed by atoms with Crippen molar-refractivity contribution in [3.63, 3.8) is 0 Å². The number of benzene rings is 2. The zero-order valence-electron chi connectivity index (χ0n) is 12.4. The van der Waals surface area contributed by atoms with Gasteiger partial charge in [0.05, 0.1) is 15.4 Å². The number of carbonyl (C=O) groups excluding carboxylic acids is 1. The van der Waals surface area contributed by atoms with Gasteiger partial charge < -0.3 is 9.47 Å². The highest BCUT2D eigenvalue weighted by molar-refractivity contribution is 7.98. The number of nitro groups is 1. The van der Waals surface area contributed by atoms with Crippen molar-refractivity contribution in [2.45, 2.75) is 4.90 Å². The van der Waals surface area contributed by atoms with Crippen molar-refractivity contribution in [1.29, 1.82) is 0 Å². The third-order valence-electron chi connectivity index (χ3n) is 2.94. The fraction of sp³-hybridized carbons (Fsp3) is 0.188. The van der Waals surface area contributed by atoms with Crippen LogP contribution in [0.15, 0.2) is 53.4 Å². The van der Waals surface area contributed by atoms with Gasteiger partial charge in [-0.2, -0.15) is 0 Å². The number of ether oxygens (including phenoxy) is 2. The number of esters is 1. The highest BCUT2D eigenvalue weighted by Gasteiger charge is 2.17. The fourth-order valence-electron chi connectivity index (χ4n) is 1.85. The van der Waals surface area contributed by atoms with Crippen LogP contribution in [0, 0.1) is 10.1 Å². The molecule has 0 aliphatic heterocycles. The average molecular weight is 333 g/mol. The van der Waals surface area contributed by atoms with E-state index in [2.05, 4.69) is 0 Å². The second kappa shape index (κ2) is 8.19. The Hall–Kier alpha value is -2.54. The third kappa shape index (κ3) is 4.72. The summed E-state index contributed by atoms with van der Waals surface area (Å²) < 4.78 is 10.5. The van der Waals surface area contributed by atoms with Crippen LogP contribution < -0.4 is 4.74 Å². The lowest BCUT2D eigenvalue weighted by atomic mass is 10.2. The Balaban J connectivity index is 1.90. The van der Waals surface area contributed by atoms with Crippen LogP contribution in [-0.2, 0) is 4.74 Å². The number of hydrogen-bond donors (Lipinski definition) is 0. The van der Waals surface area contributed by atoms with Gasteiger partial charge in [0.15, 0.2) is 0 Å². The van der Waals surface area contributed by atoms with Crippen molar-refractivity contribution in [3.05, 3.63) is 64.2 Å². The van der Waals surface area contributed by atoms with E-state index in [1.165, 1.54) is 23.9 Å². The molecule has 0 fully saturated rings. The summed E-state index contributed by atoms with van der Waals surface area (Å²) in [5.74, 6) is 0.0703. The minimum absolute atomic E-state index is 0.0613. The van der Waals surface area contributed by atoms with Crippen LogP contribution in [-0.4, -0.2) is 30.4 Å². The minimum atomic E-state index is -0.614. The van der Waals surface area contributed by atoms with Gasteiger partial charge in [-0.3, -0.25) is 10.1 Å². The van der Waals surface area contributed by atoms with Gasteiger partial charge >= 0.3 is 5.97 Å². The Bertz CT molecular complexity index is 690. The molecule has 0 aromatic heterocycles. The van der Waals surface area contributed by atoms with E-state index in [9.17, 15) is 14.9 Å². The van der Waals surface area contributed by atoms with Crippen molar-refractivity contribution < 1.29 is 19.2 Å². The van der Waals surface area contributed by atoms with Crippen LogP contribution in [0.2, 0.25) is 0 Å². The Morgan fingerprint density at radius 1 is 1.17 bits per heavy atom. The number of nitro benzene ring substituents is 1. The highest BCUT2D eigenvalue weighted by Crippen LogP contribution is 2.28. The maximum absolute atomic E-state index is 11.9. The Labute approximate surface area is 137 Å². The van der Waals surface area contributed by atoms with Crippen molar-refractivity contribution >= 4 is 23.4 Å². The molecule has 23 heavy (non-hydrogen) atoms. The predicted molar refractivity (Wildman–Crippen MR) is 87.1 cm³/mol. The van der Waals surface area contributed by atoms with Crippen molar-refractivity contribution in [2.75, 3.05) is 19.5 Å². The Morgan fingerprint density at radius 2 is 1.91 bits per heavy atom. The standard InChI is InChI=1S/C16H15NO5S/c1-23-15-8-7-12(11-14(15)17(19)20)16(18)22-10-9-21-13-5-3-2-4-6-13/h2-8,11H,9-10H2,1H3. The maximum atomic E-state index is 11.9. The lowest BCUT2D eigenvalue weighted by molar-refractivity contribution is -0.387. The molecule has 0 heterocycles. The third-order valence-corrected chi connectivity index (χ3v) is 3.72. The van der Waals surface area contributed by atoms with E-state index >= 15 is 0 Å². The molecule has 0 aliphatic carbocycles. The normalized spacial score (nSPS) is 10.1. The lowest BCUT2D eigenvalue weighted by Crippen LogP contribution is -2.12. The first kappa shape index (κ1) is 16.8. The smallest absolute Gasteiger partial charge is 0.338 e. The van der Waals surface area contributed by atoms with Crippen LogP contribution in [0.25, 0.3) is 0 Å². The zero-order valence-corrected chi connectivity index (χ0v) is 13.2. The largest absolute Gasteiger partial charge is 0.490 e. The second-order valence-corrected chi connectivity index (χ2v) is 5.29. The van der Waals surface area contributed by atoms with Gasteiger partial charge in [-0.25, -0.2) is 4.79 Å². The van der Waals surface area contributed by atoms with Gasteiger partial charge in [0, 0.05) is 6.07 Å². The van der Waals surface area contributed by atoms with E-state index in [4.69, 9.17) is 9.47 Å². The van der Waals surface area contributed by atoms with Gasteiger partial charge in [-0.05, 0) is 30.5 Å². The number of carbonyl (C=O) groups is 1. The molecule has 0 saturated heterocycles. The molecule has 120 valence electrons. The summed E-state index contributed by atoms with van der Waals surface area (Å²) in [6, 6.07) is 13.4. The maximum Gasteiger partial charge on any atom is 0.338 e. The molecule has 6 nitrogen and oxygen atoms in total. The van der Waals surface area contributed by atoms with Gasteiger partial charge in [0.2, 0.25) is 0 Å². The molecule has 0 spiro atoms. The highest BCUT2D eigenvalue weighted by atomic mass is 32.2. The number of hydrogen-bond acceptors (Lipinski definition) is 6. The molecule has 0 atom stereocenters. The number of para-hydroxylation sites is 1. The number of rotatable bonds is 7. The van der Waals surface area contributed by atoms with Gasteiger partial charge in [-0.1, -0.05) is 18.2 Å². The minimum Gasteiger partial charge on any atom is -0.490 e. The van der Waals surface area contributed by atoms with E-state index < -0.39 is 10.9 Å². The molecule has 2 rings (SSSR count). The van der Waals surface area contributed by atoms with Gasteiger partial charge in [0.25, 0.3) is 5.69 Å². The molecular formula is C16H15NO5S. The molecule has 0 bridgehead atoms. The molecule has 2 aromatic carbocycles. The summed E-state index contributed by atoms with van der Waals surface area (Å²) in [5, 5.41) is 11.0. The molecule has 0 N–H and O–H groups in total. The Morgan fingerprint density at radius 3 is 2.57 bits per heavy atom. The van der Waals surface area contributed by atoms with Crippen LogP contribution in [0.1, 0.15) is 10.4 Å². The number of thioether (sulfide) groups is 1.